The maximum Gasteiger partial charge on any atom is 0.0235 e. The van der Waals surface area contributed by atoms with Crippen molar-refractivity contribution in [3.8, 4) is 0 Å². The average Bonchev–Trinajstić information content (AvgIpc) is 3.00. The van der Waals surface area contributed by atoms with Crippen molar-refractivity contribution in [1.29, 1.82) is 0 Å². The lowest BCUT2D eigenvalue weighted by atomic mass is 9.64. The van der Waals surface area contributed by atoms with E-state index >= 15 is 0 Å². The van der Waals surface area contributed by atoms with Gasteiger partial charge in [-0.05, 0) is 68.4 Å². The van der Waals surface area contributed by atoms with E-state index in [4.69, 9.17) is 0 Å². The molecule has 2 bridgehead atoms. The number of nitrogens with one attached hydrogen (secondary N) is 1. The molecule has 0 spiro atoms. The molecule has 0 aromatic heterocycles. The van der Waals surface area contributed by atoms with E-state index in [9.17, 15) is 0 Å². The van der Waals surface area contributed by atoms with Gasteiger partial charge in [0, 0.05) is 5.54 Å². The molecule has 3 unspecified atom stereocenters. The minimum absolute atomic E-state index is 0.354. The molecule has 3 rings (SSSR count). The molecule has 1 aromatic carbocycles. The molecule has 110 valence electrons. The van der Waals surface area contributed by atoms with E-state index in [0.29, 0.717) is 11.0 Å². The van der Waals surface area contributed by atoms with Crippen molar-refractivity contribution >= 4 is 0 Å². The maximum absolute atomic E-state index is 3.95. The lowest BCUT2D eigenvalue weighted by molar-refractivity contribution is 0.0660. The second-order valence-electron chi connectivity index (χ2n) is 7.65. The standard InChI is InChI=1S/C19H29N/c1-18(2)16-11-12-17(14-16)19(18,3)20-13-7-10-15-8-5-4-6-9-15/h4-6,8-9,16-17,20H,7,10-14H2,1-3H3. The predicted octanol–water partition coefficient (Wildman–Crippen LogP) is 4.42. The minimum Gasteiger partial charge on any atom is -0.311 e. The van der Waals surface area contributed by atoms with Crippen LogP contribution in [0.2, 0.25) is 0 Å². The molecule has 0 aliphatic heterocycles. The highest BCUT2D eigenvalue weighted by atomic mass is 15.0. The molecule has 1 nitrogen and oxygen atoms in total. The van der Waals surface area contributed by atoms with Crippen molar-refractivity contribution in [2.75, 3.05) is 6.54 Å². The molecule has 1 heteroatoms. The Morgan fingerprint density at radius 1 is 1.05 bits per heavy atom. The summed E-state index contributed by atoms with van der Waals surface area (Å²) in [6, 6.07) is 10.9. The SMILES string of the molecule is CC1(C)C2CCC(C2)C1(C)NCCCc1ccccc1. The van der Waals surface area contributed by atoms with Crippen LogP contribution in [0.15, 0.2) is 30.3 Å². The molecule has 0 saturated heterocycles. The molecular formula is C19H29N. The Morgan fingerprint density at radius 3 is 2.40 bits per heavy atom. The van der Waals surface area contributed by atoms with Crippen molar-refractivity contribution in [2.24, 2.45) is 17.3 Å². The molecule has 2 aliphatic rings. The zero-order valence-electron chi connectivity index (χ0n) is 13.3. The fraction of sp³-hybridized carbons (Fsp3) is 0.684. The van der Waals surface area contributed by atoms with Crippen molar-refractivity contribution in [3.05, 3.63) is 35.9 Å². The van der Waals surface area contributed by atoms with E-state index in [-0.39, 0.29) is 0 Å². The largest absolute Gasteiger partial charge is 0.311 e. The minimum atomic E-state index is 0.354. The summed E-state index contributed by atoms with van der Waals surface area (Å²) in [5.41, 5.74) is 2.28. The third kappa shape index (κ3) is 2.20. The fourth-order valence-electron chi connectivity index (χ4n) is 4.77. The van der Waals surface area contributed by atoms with Crippen molar-refractivity contribution in [3.63, 3.8) is 0 Å². The topological polar surface area (TPSA) is 12.0 Å². The highest BCUT2D eigenvalue weighted by Crippen LogP contribution is 2.61. The molecule has 1 aromatic rings. The summed E-state index contributed by atoms with van der Waals surface area (Å²) >= 11 is 0. The first-order valence-corrected chi connectivity index (χ1v) is 8.33. The third-order valence-corrected chi connectivity index (χ3v) is 6.59. The van der Waals surface area contributed by atoms with E-state index in [0.717, 1.165) is 18.4 Å². The fourth-order valence-corrected chi connectivity index (χ4v) is 4.77. The Morgan fingerprint density at radius 2 is 1.75 bits per heavy atom. The Labute approximate surface area is 124 Å². The van der Waals surface area contributed by atoms with Gasteiger partial charge in [0.25, 0.3) is 0 Å². The van der Waals surface area contributed by atoms with Crippen LogP contribution in [0, 0.1) is 17.3 Å². The number of fused-ring (bicyclic) bond motifs is 2. The van der Waals surface area contributed by atoms with Crippen molar-refractivity contribution in [1.82, 2.24) is 5.32 Å². The number of hydrogen-bond donors (Lipinski definition) is 1. The Hall–Kier alpha value is -0.820. The molecule has 0 radical (unpaired) electrons. The van der Waals surface area contributed by atoms with Crippen molar-refractivity contribution in [2.45, 2.75) is 58.4 Å². The van der Waals surface area contributed by atoms with E-state index in [1.54, 1.807) is 0 Å². The summed E-state index contributed by atoms with van der Waals surface area (Å²) in [6.07, 6.45) is 6.79. The van der Waals surface area contributed by atoms with Crippen LogP contribution >= 0.6 is 0 Å². The van der Waals surface area contributed by atoms with Gasteiger partial charge < -0.3 is 5.32 Å². The van der Waals surface area contributed by atoms with Crippen molar-refractivity contribution < 1.29 is 0 Å². The van der Waals surface area contributed by atoms with Crippen LogP contribution in [-0.4, -0.2) is 12.1 Å². The van der Waals surface area contributed by atoms with E-state index in [1.165, 1.54) is 37.7 Å². The van der Waals surface area contributed by atoms with Gasteiger partial charge in [0.15, 0.2) is 0 Å². The summed E-state index contributed by atoms with van der Waals surface area (Å²) < 4.78 is 0. The molecule has 0 amide bonds. The van der Waals surface area contributed by atoms with E-state index in [2.05, 4.69) is 56.4 Å². The molecule has 3 atom stereocenters. The maximum atomic E-state index is 3.95. The van der Waals surface area contributed by atoms with Gasteiger partial charge in [-0.1, -0.05) is 44.2 Å². The summed E-state index contributed by atoms with van der Waals surface area (Å²) in [7, 11) is 0. The second kappa shape index (κ2) is 5.18. The number of rotatable bonds is 5. The normalized spacial score (nSPS) is 34.5. The monoisotopic (exact) mass is 271 g/mol. The van der Waals surface area contributed by atoms with Crippen LogP contribution in [0.5, 0.6) is 0 Å². The average molecular weight is 271 g/mol. The van der Waals surface area contributed by atoms with Gasteiger partial charge >= 0.3 is 0 Å². The summed E-state index contributed by atoms with van der Waals surface area (Å²) in [4.78, 5) is 0. The molecular weight excluding hydrogens is 242 g/mol. The summed E-state index contributed by atoms with van der Waals surface area (Å²) in [5.74, 6) is 1.85. The number of benzene rings is 1. The first-order valence-electron chi connectivity index (χ1n) is 8.33. The van der Waals surface area contributed by atoms with Crippen LogP contribution in [0.4, 0.5) is 0 Å². The van der Waals surface area contributed by atoms with Gasteiger partial charge in [-0.25, -0.2) is 0 Å². The number of aryl methyl sites for hydroxylation is 1. The second-order valence-corrected chi connectivity index (χ2v) is 7.65. The van der Waals surface area contributed by atoms with Gasteiger partial charge in [-0.2, -0.15) is 0 Å². The van der Waals surface area contributed by atoms with Gasteiger partial charge in [-0.15, -0.1) is 0 Å². The molecule has 0 heterocycles. The van der Waals surface area contributed by atoms with Crippen LogP contribution < -0.4 is 5.32 Å². The van der Waals surface area contributed by atoms with E-state index in [1.807, 2.05) is 0 Å². The van der Waals surface area contributed by atoms with Gasteiger partial charge in [0.2, 0.25) is 0 Å². The highest BCUT2D eigenvalue weighted by molar-refractivity contribution is 5.16. The molecule has 1 N–H and O–H groups in total. The quantitative estimate of drug-likeness (QED) is 0.782. The molecule has 2 aliphatic carbocycles. The smallest absolute Gasteiger partial charge is 0.0235 e. The predicted molar refractivity (Wildman–Crippen MR) is 85.8 cm³/mol. The first kappa shape index (κ1) is 14.1. The van der Waals surface area contributed by atoms with Gasteiger partial charge in [0.1, 0.15) is 0 Å². The summed E-state index contributed by atoms with van der Waals surface area (Å²) in [5, 5.41) is 3.95. The zero-order valence-corrected chi connectivity index (χ0v) is 13.3. The number of hydrogen-bond acceptors (Lipinski definition) is 1. The Bertz CT molecular complexity index is 450. The van der Waals surface area contributed by atoms with Crippen LogP contribution in [0.3, 0.4) is 0 Å². The van der Waals surface area contributed by atoms with Crippen LogP contribution in [-0.2, 0) is 6.42 Å². The third-order valence-electron chi connectivity index (χ3n) is 6.59. The lowest BCUT2D eigenvalue weighted by Crippen LogP contribution is -2.57. The van der Waals surface area contributed by atoms with Crippen LogP contribution in [0.25, 0.3) is 0 Å². The summed E-state index contributed by atoms with van der Waals surface area (Å²) in [6.45, 7) is 8.61. The Balaban J connectivity index is 1.53. The molecule has 2 fully saturated rings. The lowest BCUT2D eigenvalue weighted by Gasteiger charge is -2.48. The first-order chi connectivity index (χ1) is 9.54. The zero-order chi connectivity index (χ0) is 14.2. The highest BCUT2D eigenvalue weighted by Gasteiger charge is 2.59. The van der Waals surface area contributed by atoms with Crippen LogP contribution in [0.1, 0.15) is 52.0 Å². The van der Waals surface area contributed by atoms with Gasteiger partial charge in [0.05, 0.1) is 0 Å². The Kier molecular flexibility index (Phi) is 3.66. The van der Waals surface area contributed by atoms with Gasteiger partial charge in [-0.3, -0.25) is 0 Å². The molecule has 2 saturated carbocycles. The van der Waals surface area contributed by atoms with E-state index < -0.39 is 0 Å². The molecule has 20 heavy (non-hydrogen) atoms.